The van der Waals surface area contributed by atoms with Gasteiger partial charge in [-0.2, -0.15) is 0 Å². The molecule has 0 aromatic heterocycles. The molecule has 1 fully saturated rings. The van der Waals surface area contributed by atoms with Gasteiger partial charge < -0.3 is 39.7 Å². The van der Waals surface area contributed by atoms with E-state index in [1.807, 2.05) is 20.8 Å². The number of phenols is 1. The fourth-order valence-corrected chi connectivity index (χ4v) is 3.18. The highest BCUT2D eigenvalue weighted by Crippen LogP contribution is 2.31. The number of carbonyl (C=O) groups is 1. The third-order valence-electron chi connectivity index (χ3n) is 5.14. The second-order valence-corrected chi connectivity index (χ2v) is 7.44. The minimum Gasteiger partial charge on any atom is -0.508 e. The number of benzene rings is 1. The molecule has 1 aromatic carbocycles. The summed E-state index contributed by atoms with van der Waals surface area (Å²) in [5, 5.41) is 49.0. The molecule has 1 heterocycles. The molecule has 5 N–H and O–H groups in total. The predicted octanol–water partition coefficient (Wildman–Crippen LogP) is 0.696. The van der Waals surface area contributed by atoms with Crippen molar-refractivity contribution in [1.29, 1.82) is 0 Å². The molecule has 0 spiro atoms. The molecule has 1 unspecified atom stereocenters. The average molecular weight is 414 g/mol. The first-order chi connectivity index (χ1) is 13.7. The summed E-state index contributed by atoms with van der Waals surface area (Å²) < 4.78 is 16.5. The van der Waals surface area contributed by atoms with Crippen molar-refractivity contribution in [3.63, 3.8) is 0 Å². The maximum absolute atomic E-state index is 12.8. The largest absolute Gasteiger partial charge is 0.508 e. The lowest BCUT2D eigenvalue weighted by atomic mass is 9.97. The fraction of sp³-hybridized carbons (Fsp3) is 0.650. The highest BCUT2D eigenvalue weighted by Gasteiger charge is 2.45. The maximum Gasteiger partial charge on any atom is 0.342 e. The molecule has 6 atom stereocenters. The standard InChI is InChI=1S/C20H30O9/c1-4-8-20(3,5-2)29-18(26)12-9-11(22)6-7-13(12)27-19-17(25)16(24)15(23)14(10-21)28-19/h6-7,9,14-17,19,21-25H,4-5,8,10H2,1-3H3/t14-,15-,16+,17-,19-,20?/m1/s1. The van der Waals surface area contributed by atoms with Crippen LogP contribution in [0.5, 0.6) is 11.5 Å². The lowest BCUT2D eigenvalue weighted by Crippen LogP contribution is -2.60. The van der Waals surface area contributed by atoms with Crippen LogP contribution in [-0.2, 0) is 9.47 Å². The van der Waals surface area contributed by atoms with E-state index in [1.165, 1.54) is 18.2 Å². The van der Waals surface area contributed by atoms with Crippen LogP contribution in [0, 0.1) is 0 Å². The van der Waals surface area contributed by atoms with Crippen LogP contribution in [0.4, 0.5) is 0 Å². The summed E-state index contributed by atoms with van der Waals surface area (Å²) in [6.45, 7) is 5.08. The number of hydrogen-bond acceptors (Lipinski definition) is 9. The number of ether oxygens (including phenoxy) is 3. The first-order valence-corrected chi connectivity index (χ1v) is 9.69. The lowest BCUT2D eigenvalue weighted by molar-refractivity contribution is -0.277. The number of carbonyl (C=O) groups excluding carboxylic acids is 1. The van der Waals surface area contributed by atoms with Gasteiger partial charge in [-0.15, -0.1) is 0 Å². The second-order valence-electron chi connectivity index (χ2n) is 7.44. The smallest absolute Gasteiger partial charge is 0.342 e. The Morgan fingerprint density at radius 2 is 1.86 bits per heavy atom. The zero-order valence-corrected chi connectivity index (χ0v) is 16.8. The van der Waals surface area contributed by atoms with Crippen molar-refractivity contribution in [3.8, 4) is 11.5 Å². The van der Waals surface area contributed by atoms with Gasteiger partial charge in [0.05, 0.1) is 6.61 Å². The van der Waals surface area contributed by atoms with Crippen LogP contribution < -0.4 is 4.74 Å². The fourth-order valence-electron chi connectivity index (χ4n) is 3.18. The normalized spacial score (nSPS) is 29.1. The van der Waals surface area contributed by atoms with Gasteiger partial charge in [-0.1, -0.05) is 20.3 Å². The Kier molecular flexibility index (Phi) is 7.84. The zero-order chi connectivity index (χ0) is 21.8. The SMILES string of the molecule is CCCC(C)(CC)OC(=O)c1cc(O)ccc1O[C@@H]1O[C@H](CO)[C@@H](O)[C@H](O)[C@H]1O. The van der Waals surface area contributed by atoms with Gasteiger partial charge in [0.15, 0.2) is 0 Å². The number of aromatic hydroxyl groups is 1. The molecule has 0 bridgehead atoms. The lowest BCUT2D eigenvalue weighted by Gasteiger charge is -2.39. The summed E-state index contributed by atoms with van der Waals surface area (Å²) in [6, 6.07) is 3.75. The molecule has 0 amide bonds. The minimum absolute atomic E-state index is 0.0490. The molecular weight excluding hydrogens is 384 g/mol. The Morgan fingerprint density at radius 1 is 1.17 bits per heavy atom. The monoisotopic (exact) mass is 414 g/mol. The Labute approximate surface area is 169 Å². The molecular formula is C20H30O9. The molecule has 1 aliphatic rings. The Balaban J connectivity index is 2.27. The number of esters is 1. The van der Waals surface area contributed by atoms with E-state index < -0.39 is 48.9 Å². The van der Waals surface area contributed by atoms with Gasteiger partial charge in [0, 0.05) is 0 Å². The molecule has 1 saturated heterocycles. The zero-order valence-electron chi connectivity index (χ0n) is 16.8. The molecule has 9 nitrogen and oxygen atoms in total. The van der Waals surface area contributed by atoms with Crippen LogP contribution in [0.3, 0.4) is 0 Å². The summed E-state index contributed by atoms with van der Waals surface area (Å²) in [6.07, 6.45) is -5.35. The van der Waals surface area contributed by atoms with Gasteiger partial charge in [-0.3, -0.25) is 0 Å². The van der Waals surface area contributed by atoms with Gasteiger partial charge in [-0.05, 0) is 38.0 Å². The molecule has 9 heteroatoms. The number of aliphatic hydroxyl groups is 4. The topological polar surface area (TPSA) is 146 Å². The Morgan fingerprint density at radius 3 is 2.45 bits per heavy atom. The van der Waals surface area contributed by atoms with Crippen LogP contribution >= 0.6 is 0 Å². The van der Waals surface area contributed by atoms with E-state index in [0.717, 1.165) is 6.42 Å². The highest BCUT2D eigenvalue weighted by atomic mass is 16.7. The molecule has 0 radical (unpaired) electrons. The van der Waals surface area contributed by atoms with Crippen molar-refractivity contribution < 1.29 is 44.5 Å². The molecule has 0 saturated carbocycles. The summed E-state index contributed by atoms with van der Waals surface area (Å²) in [5.74, 6) is -0.961. The van der Waals surface area contributed by atoms with Gasteiger partial charge in [0.2, 0.25) is 6.29 Å². The van der Waals surface area contributed by atoms with Gasteiger partial charge in [-0.25, -0.2) is 4.79 Å². The summed E-state index contributed by atoms with van der Waals surface area (Å²) >= 11 is 0. The maximum atomic E-state index is 12.8. The van der Waals surface area contributed by atoms with Crippen molar-refractivity contribution in [2.24, 2.45) is 0 Å². The quantitative estimate of drug-likeness (QED) is 0.388. The molecule has 1 aliphatic heterocycles. The van der Waals surface area contributed by atoms with E-state index in [9.17, 15) is 30.3 Å². The number of aliphatic hydroxyl groups excluding tert-OH is 4. The minimum atomic E-state index is -1.63. The second kappa shape index (κ2) is 9.73. The number of rotatable bonds is 8. The first kappa shape index (κ1) is 23.4. The third-order valence-corrected chi connectivity index (χ3v) is 5.14. The van der Waals surface area contributed by atoms with Gasteiger partial charge in [0.25, 0.3) is 0 Å². The van der Waals surface area contributed by atoms with Gasteiger partial charge in [0.1, 0.15) is 47.1 Å². The summed E-state index contributed by atoms with van der Waals surface area (Å²) in [5.41, 5.74) is -0.782. The molecule has 0 aliphatic carbocycles. The Bertz CT molecular complexity index is 693. The number of hydrogen-bond donors (Lipinski definition) is 5. The predicted molar refractivity (Wildman–Crippen MR) is 102 cm³/mol. The third kappa shape index (κ3) is 5.37. The van der Waals surface area contributed by atoms with Crippen molar-refractivity contribution >= 4 is 5.97 Å². The summed E-state index contributed by atoms with van der Waals surface area (Å²) in [7, 11) is 0. The molecule has 1 aromatic rings. The van der Waals surface area contributed by atoms with Crippen LogP contribution in [0.2, 0.25) is 0 Å². The molecule has 164 valence electrons. The van der Waals surface area contributed by atoms with E-state index in [0.29, 0.717) is 12.8 Å². The molecule has 29 heavy (non-hydrogen) atoms. The van der Waals surface area contributed by atoms with E-state index >= 15 is 0 Å². The van der Waals surface area contributed by atoms with Crippen molar-refractivity contribution in [2.75, 3.05) is 6.61 Å². The van der Waals surface area contributed by atoms with E-state index in [4.69, 9.17) is 14.2 Å². The van der Waals surface area contributed by atoms with Crippen LogP contribution in [-0.4, -0.2) is 74.4 Å². The Hall–Kier alpha value is -1.91. The summed E-state index contributed by atoms with van der Waals surface area (Å²) in [4.78, 5) is 12.8. The van der Waals surface area contributed by atoms with Crippen LogP contribution in [0.15, 0.2) is 18.2 Å². The highest BCUT2D eigenvalue weighted by molar-refractivity contribution is 5.93. The van der Waals surface area contributed by atoms with Crippen LogP contribution in [0.1, 0.15) is 50.4 Å². The van der Waals surface area contributed by atoms with Crippen molar-refractivity contribution in [1.82, 2.24) is 0 Å². The number of phenolic OH excluding ortho intramolecular Hbond substituents is 1. The van der Waals surface area contributed by atoms with E-state index in [1.54, 1.807) is 0 Å². The van der Waals surface area contributed by atoms with Crippen molar-refractivity contribution in [2.45, 2.75) is 76.3 Å². The van der Waals surface area contributed by atoms with Crippen LogP contribution in [0.25, 0.3) is 0 Å². The molecule has 2 rings (SSSR count). The first-order valence-electron chi connectivity index (χ1n) is 9.69. The van der Waals surface area contributed by atoms with Gasteiger partial charge >= 0.3 is 5.97 Å². The van der Waals surface area contributed by atoms with E-state index in [-0.39, 0.29) is 17.1 Å². The average Bonchev–Trinajstić information content (AvgIpc) is 2.69. The van der Waals surface area contributed by atoms with Crippen molar-refractivity contribution in [3.05, 3.63) is 23.8 Å². The van der Waals surface area contributed by atoms with E-state index in [2.05, 4.69) is 0 Å².